The summed E-state index contributed by atoms with van der Waals surface area (Å²) in [6.07, 6.45) is 0. The number of hydrogen-bond acceptors (Lipinski definition) is 3. The van der Waals surface area contributed by atoms with Crippen LogP contribution in [0.1, 0.15) is 49.7 Å². The lowest BCUT2D eigenvalue weighted by molar-refractivity contribution is 0.0600. The lowest BCUT2D eigenvalue weighted by Gasteiger charge is -2.22. The zero-order valence-corrected chi connectivity index (χ0v) is 13.9. The van der Waals surface area contributed by atoms with Crippen molar-refractivity contribution in [2.45, 2.75) is 38.5 Å². The number of rotatable bonds is 4. The Hall–Kier alpha value is -0.910. The van der Waals surface area contributed by atoms with Crippen molar-refractivity contribution >= 4 is 28.6 Å². The van der Waals surface area contributed by atoms with Crippen molar-refractivity contribution < 1.29 is 13.7 Å². The maximum Gasteiger partial charge on any atom is 0.337 e. The highest BCUT2D eigenvalue weighted by Crippen LogP contribution is 2.25. The maximum atomic E-state index is 12.1. The molecule has 1 N–H and O–H groups in total. The summed E-state index contributed by atoms with van der Waals surface area (Å²) in [5.74, 6) is -0.433. The molecule has 4 nitrogen and oxygen atoms in total. The highest BCUT2D eigenvalue weighted by Gasteiger charge is 2.22. The van der Waals surface area contributed by atoms with Crippen LogP contribution < -0.4 is 4.72 Å². The van der Waals surface area contributed by atoms with Crippen LogP contribution in [0.15, 0.2) is 18.2 Å². The molecular weight excluding hydrogens is 298 g/mol. The van der Waals surface area contributed by atoms with Gasteiger partial charge in [0.25, 0.3) is 0 Å². The van der Waals surface area contributed by atoms with Gasteiger partial charge in [0, 0.05) is 11.1 Å². The van der Waals surface area contributed by atoms with Crippen molar-refractivity contribution in [2.75, 3.05) is 7.11 Å². The minimum Gasteiger partial charge on any atom is -0.465 e. The SMILES string of the molecule is COC(=O)c1ccc([C@@H](C)NS(=O)C(C)(C)C)c(Cl)c1. The molecule has 0 spiro atoms. The molecule has 20 heavy (non-hydrogen) atoms. The van der Waals surface area contributed by atoms with Crippen molar-refractivity contribution in [3.8, 4) is 0 Å². The Morgan fingerprint density at radius 1 is 1.40 bits per heavy atom. The molecule has 112 valence electrons. The number of benzene rings is 1. The van der Waals surface area contributed by atoms with E-state index in [1.807, 2.05) is 27.7 Å². The number of ether oxygens (including phenoxy) is 1. The molecule has 0 radical (unpaired) electrons. The summed E-state index contributed by atoms with van der Waals surface area (Å²) >= 11 is 6.18. The Morgan fingerprint density at radius 2 is 2.00 bits per heavy atom. The zero-order chi connectivity index (χ0) is 15.5. The minimum absolute atomic E-state index is 0.186. The number of hydrogen-bond donors (Lipinski definition) is 1. The van der Waals surface area contributed by atoms with Gasteiger partial charge in [0.05, 0.1) is 28.4 Å². The molecule has 2 atom stereocenters. The molecule has 1 unspecified atom stereocenters. The van der Waals surface area contributed by atoms with E-state index in [9.17, 15) is 9.00 Å². The van der Waals surface area contributed by atoms with E-state index in [0.717, 1.165) is 5.56 Å². The van der Waals surface area contributed by atoms with E-state index in [1.54, 1.807) is 18.2 Å². The Labute approximate surface area is 127 Å². The van der Waals surface area contributed by atoms with Gasteiger partial charge in [-0.1, -0.05) is 17.7 Å². The molecule has 1 aromatic rings. The number of carbonyl (C=O) groups is 1. The molecule has 0 saturated carbocycles. The van der Waals surface area contributed by atoms with Crippen LogP contribution in [-0.4, -0.2) is 22.0 Å². The first kappa shape index (κ1) is 17.1. The largest absolute Gasteiger partial charge is 0.465 e. The minimum atomic E-state index is -1.19. The van der Waals surface area contributed by atoms with Crippen molar-refractivity contribution in [3.63, 3.8) is 0 Å². The molecule has 0 saturated heterocycles. The van der Waals surface area contributed by atoms with E-state index in [0.29, 0.717) is 10.6 Å². The summed E-state index contributed by atoms with van der Waals surface area (Å²) in [5, 5.41) is 0.443. The van der Waals surface area contributed by atoms with Crippen LogP contribution in [-0.2, 0) is 15.7 Å². The summed E-state index contributed by atoms with van der Waals surface area (Å²) in [5.41, 5.74) is 1.18. The standard InChI is InChI=1S/C14H20ClNO3S/c1-9(16-20(18)14(2,3)4)11-7-6-10(8-12(11)15)13(17)19-5/h6-9,16H,1-5H3/t9-,20?/m1/s1. The van der Waals surface area contributed by atoms with Gasteiger partial charge in [0.2, 0.25) is 0 Å². The Balaban J connectivity index is 2.92. The summed E-state index contributed by atoms with van der Waals surface area (Å²) in [7, 11) is 0.128. The Morgan fingerprint density at radius 3 is 2.45 bits per heavy atom. The second kappa shape index (κ2) is 6.70. The van der Waals surface area contributed by atoms with Crippen LogP contribution in [0.25, 0.3) is 0 Å². The molecule has 6 heteroatoms. The van der Waals surface area contributed by atoms with Gasteiger partial charge in [-0.2, -0.15) is 0 Å². The third kappa shape index (κ3) is 4.30. The van der Waals surface area contributed by atoms with Crippen molar-refractivity contribution in [1.82, 2.24) is 4.72 Å². The number of nitrogens with one attached hydrogen (secondary N) is 1. The third-order valence-electron chi connectivity index (χ3n) is 2.73. The molecule has 0 aliphatic rings. The third-order valence-corrected chi connectivity index (χ3v) is 4.74. The van der Waals surface area contributed by atoms with Crippen LogP contribution in [0, 0.1) is 0 Å². The van der Waals surface area contributed by atoms with Gasteiger partial charge in [0.1, 0.15) is 0 Å². The van der Waals surface area contributed by atoms with Gasteiger partial charge in [-0.15, -0.1) is 0 Å². The molecule has 0 heterocycles. The fourth-order valence-corrected chi connectivity index (χ4v) is 2.67. The average molecular weight is 318 g/mol. The summed E-state index contributed by atoms with van der Waals surface area (Å²) in [6, 6.07) is 4.76. The lowest BCUT2D eigenvalue weighted by Crippen LogP contribution is -2.34. The van der Waals surface area contributed by atoms with E-state index in [2.05, 4.69) is 9.46 Å². The van der Waals surface area contributed by atoms with Gasteiger partial charge in [-0.25, -0.2) is 13.7 Å². The van der Waals surface area contributed by atoms with Gasteiger partial charge < -0.3 is 4.74 Å². The first-order valence-electron chi connectivity index (χ1n) is 6.22. The lowest BCUT2D eigenvalue weighted by atomic mass is 10.1. The van der Waals surface area contributed by atoms with E-state index >= 15 is 0 Å². The second-order valence-electron chi connectivity index (χ2n) is 5.45. The first-order chi connectivity index (χ1) is 9.16. The van der Waals surface area contributed by atoms with Crippen molar-refractivity contribution in [2.24, 2.45) is 0 Å². The Bertz CT molecular complexity index is 526. The highest BCUT2D eigenvalue weighted by atomic mass is 35.5. The van der Waals surface area contributed by atoms with Crippen molar-refractivity contribution in [3.05, 3.63) is 34.3 Å². The predicted octanol–water partition coefficient (Wildman–Crippen LogP) is 3.24. The zero-order valence-electron chi connectivity index (χ0n) is 12.3. The van der Waals surface area contributed by atoms with Gasteiger partial charge in [-0.3, -0.25) is 0 Å². The van der Waals surface area contributed by atoms with Crippen molar-refractivity contribution in [1.29, 1.82) is 0 Å². The van der Waals surface area contributed by atoms with E-state index in [-0.39, 0.29) is 10.8 Å². The number of esters is 1. The Kier molecular flexibility index (Phi) is 5.74. The van der Waals surface area contributed by atoms with Gasteiger partial charge >= 0.3 is 5.97 Å². The van der Waals surface area contributed by atoms with Crippen LogP contribution in [0.4, 0.5) is 0 Å². The molecule has 0 aliphatic carbocycles. The molecule has 0 aromatic heterocycles. The molecule has 1 aromatic carbocycles. The van der Waals surface area contributed by atoms with Crippen LogP contribution in [0.2, 0.25) is 5.02 Å². The summed E-state index contributed by atoms with van der Waals surface area (Å²) in [6.45, 7) is 7.56. The molecule has 0 bridgehead atoms. The second-order valence-corrected chi connectivity index (χ2v) is 7.85. The first-order valence-corrected chi connectivity index (χ1v) is 7.75. The summed E-state index contributed by atoms with van der Waals surface area (Å²) < 4.78 is 19.4. The van der Waals surface area contributed by atoms with Gasteiger partial charge in [-0.05, 0) is 45.4 Å². The van der Waals surface area contributed by atoms with E-state index in [1.165, 1.54) is 7.11 Å². The number of methoxy groups -OCH3 is 1. The van der Waals surface area contributed by atoms with Crippen LogP contribution in [0.3, 0.4) is 0 Å². The topological polar surface area (TPSA) is 55.4 Å². The monoisotopic (exact) mass is 317 g/mol. The van der Waals surface area contributed by atoms with Crippen LogP contribution in [0.5, 0.6) is 0 Å². The maximum absolute atomic E-state index is 12.1. The van der Waals surface area contributed by atoms with E-state index in [4.69, 9.17) is 11.6 Å². The molecule has 0 aliphatic heterocycles. The summed E-state index contributed by atoms with van der Waals surface area (Å²) in [4.78, 5) is 11.4. The fraction of sp³-hybridized carbons (Fsp3) is 0.500. The quantitative estimate of drug-likeness (QED) is 0.867. The fourth-order valence-electron chi connectivity index (χ4n) is 1.52. The molecule has 1 rings (SSSR count). The van der Waals surface area contributed by atoms with Gasteiger partial charge in [0.15, 0.2) is 0 Å². The van der Waals surface area contributed by atoms with E-state index < -0.39 is 17.0 Å². The predicted molar refractivity (Wildman–Crippen MR) is 82.2 cm³/mol. The average Bonchev–Trinajstić information content (AvgIpc) is 2.36. The van der Waals surface area contributed by atoms with Crippen LogP contribution >= 0.6 is 11.6 Å². The molecule has 0 amide bonds. The number of halogens is 1. The number of carbonyl (C=O) groups excluding carboxylic acids is 1. The normalized spacial score (nSPS) is 14.7. The highest BCUT2D eigenvalue weighted by molar-refractivity contribution is 7.84. The smallest absolute Gasteiger partial charge is 0.337 e. The molecular formula is C14H20ClNO3S. The molecule has 0 fully saturated rings.